The second-order valence-electron chi connectivity index (χ2n) is 17.1. The minimum atomic E-state index is -0.164. The van der Waals surface area contributed by atoms with Gasteiger partial charge in [0.2, 0.25) is 0 Å². The van der Waals surface area contributed by atoms with Crippen molar-refractivity contribution in [1.29, 1.82) is 0 Å². The summed E-state index contributed by atoms with van der Waals surface area (Å²) in [6, 6.07) is 71.0. The van der Waals surface area contributed by atoms with E-state index in [1.54, 1.807) is 0 Å². The Hall–Kier alpha value is -7.33. The van der Waals surface area contributed by atoms with Crippen molar-refractivity contribution in [3.63, 3.8) is 0 Å². The van der Waals surface area contributed by atoms with Gasteiger partial charge in [0.1, 0.15) is 11.6 Å². The first-order chi connectivity index (χ1) is 30.8. The molecule has 6 heteroatoms. The smallest absolute Gasteiger partial charge is 0.148 e. The molecule has 0 amide bonds. The summed E-state index contributed by atoms with van der Waals surface area (Å²) in [5.41, 5.74) is 15.3. The molecule has 11 rings (SSSR count). The third-order valence-corrected chi connectivity index (χ3v) is 12.1. The molecule has 3 heterocycles. The fourth-order valence-electron chi connectivity index (χ4n) is 8.98. The molecule has 0 atom stereocenters. The molecule has 0 aliphatic rings. The van der Waals surface area contributed by atoms with E-state index in [0.717, 1.165) is 88.9 Å². The van der Waals surface area contributed by atoms with E-state index in [4.69, 9.17) is 9.97 Å². The Morgan fingerprint density at radius 3 is 1.91 bits per heavy atom. The number of hydrogen-bond donors (Lipinski definition) is 1. The van der Waals surface area contributed by atoms with Crippen molar-refractivity contribution in [2.24, 2.45) is 0 Å². The minimum absolute atomic E-state index is 0. The summed E-state index contributed by atoms with van der Waals surface area (Å²) in [7, 11) is 0. The first kappa shape index (κ1) is 40.7. The molecule has 3 aromatic heterocycles. The average Bonchev–Trinajstić information content (AvgIpc) is 3.87. The summed E-state index contributed by atoms with van der Waals surface area (Å²) in [4.78, 5) is 10.5. The molecule has 1 N–H and O–H groups in total. The van der Waals surface area contributed by atoms with Crippen LogP contribution in [0, 0.1) is 6.07 Å². The zero-order chi connectivity index (χ0) is 42.7. The molecule has 0 aliphatic heterocycles. The molecule has 0 fully saturated rings. The first-order valence-electron chi connectivity index (χ1n) is 21.4. The zero-order valence-corrected chi connectivity index (χ0v) is 37.9. The second-order valence-corrected chi connectivity index (χ2v) is 17.1. The number of rotatable bonds is 7. The van der Waals surface area contributed by atoms with E-state index < -0.39 is 0 Å². The van der Waals surface area contributed by atoms with Gasteiger partial charge >= 0.3 is 0 Å². The van der Waals surface area contributed by atoms with E-state index >= 15 is 0 Å². The summed E-state index contributed by atoms with van der Waals surface area (Å²) in [5.74, 6) is 0.784. The number of fused-ring (bicyclic) bond motifs is 4. The second kappa shape index (κ2) is 16.4. The summed E-state index contributed by atoms with van der Waals surface area (Å²) < 4.78 is 4.44. The van der Waals surface area contributed by atoms with Crippen molar-refractivity contribution in [2.75, 3.05) is 0 Å². The van der Waals surface area contributed by atoms with Crippen LogP contribution in [0.5, 0.6) is 5.75 Å². The standard InChI is InChI=1S/C58H43N4O.Pt/c1-58(2,3)43-33-41(32-42(34-43)50-35-40(30-31-59-50)38-18-7-4-8-19-38)46-26-17-29-53-56(46)60-57(62(53)51-27-15-13-24-45(51)39-20-9-5-10-21-39)49-36-48-47-25-14-16-28-52(47)61(54(48)37-55(49)63)44-22-11-6-12-23-44;/h4-31,33-37,63H,1-3H3;/q-1;. The van der Waals surface area contributed by atoms with Crippen molar-refractivity contribution in [3.05, 3.63) is 212 Å². The number of hydrogen-bond acceptors (Lipinski definition) is 3. The predicted molar refractivity (Wildman–Crippen MR) is 260 cm³/mol. The van der Waals surface area contributed by atoms with Crippen LogP contribution in [-0.2, 0) is 26.5 Å². The fourth-order valence-corrected chi connectivity index (χ4v) is 8.98. The van der Waals surface area contributed by atoms with Gasteiger partial charge in [0.15, 0.2) is 0 Å². The van der Waals surface area contributed by atoms with E-state index in [1.807, 2.05) is 42.6 Å². The molecule has 312 valence electrons. The summed E-state index contributed by atoms with van der Waals surface area (Å²) in [5, 5.41) is 14.5. The van der Waals surface area contributed by atoms with E-state index in [2.05, 4.69) is 194 Å². The number of phenols is 1. The van der Waals surface area contributed by atoms with Crippen LogP contribution in [0.2, 0.25) is 0 Å². The number of phenolic OH excluding ortho intramolecular Hbond substituents is 1. The summed E-state index contributed by atoms with van der Waals surface area (Å²) >= 11 is 0. The number of pyridine rings is 1. The molecule has 5 nitrogen and oxygen atoms in total. The maximum atomic E-state index is 12.3. The molecule has 0 radical (unpaired) electrons. The summed E-state index contributed by atoms with van der Waals surface area (Å²) in [6.45, 7) is 6.72. The number of imidazole rings is 1. The van der Waals surface area contributed by atoms with Crippen molar-refractivity contribution in [2.45, 2.75) is 26.2 Å². The quantitative estimate of drug-likeness (QED) is 0.162. The van der Waals surface area contributed by atoms with Crippen molar-refractivity contribution >= 4 is 32.8 Å². The average molecular weight is 1010 g/mol. The van der Waals surface area contributed by atoms with Gasteiger partial charge in [-0.15, -0.1) is 29.3 Å². The molecule has 8 aromatic carbocycles. The van der Waals surface area contributed by atoms with Crippen LogP contribution in [0.15, 0.2) is 200 Å². The van der Waals surface area contributed by atoms with Crippen LogP contribution in [0.25, 0.3) is 100 Å². The van der Waals surface area contributed by atoms with Gasteiger partial charge in [0, 0.05) is 61.0 Å². The molecule has 0 saturated heterocycles. The number of nitrogens with zero attached hydrogens (tertiary/aromatic N) is 4. The monoisotopic (exact) mass is 1010 g/mol. The predicted octanol–water partition coefficient (Wildman–Crippen LogP) is 14.7. The Morgan fingerprint density at radius 2 is 1.14 bits per heavy atom. The van der Waals surface area contributed by atoms with Crippen molar-refractivity contribution in [1.82, 2.24) is 19.1 Å². The van der Waals surface area contributed by atoms with E-state index in [1.165, 1.54) is 5.56 Å². The molecule has 0 bridgehead atoms. The number of para-hydroxylation sites is 4. The van der Waals surface area contributed by atoms with Crippen molar-refractivity contribution in [3.8, 4) is 73.2 Å². The SMILES string of the molecule is CC(C)(C)c1cc(-c2cc(-c3ccccc3)ccn2)[c-]c(-c2cccc3c2nc(-c2cc4c5ccccc5n(-c5ccccc5)c4cc2O)n3-c2ccccc2-c2ccccc2)c1.[Pt]. The van der Waals surface area contributed by atoms with Gasteiger partial charge < -0.3 is 9.67 Å². The van der Waals surface area contributed by atoms with Crippen LogP contribution in [-0.4, -0.2) is 24.2 Å². The van der Waals surface area contributed by atoms with Gasteiger partial charge in [0.05, 0.1) is 33.3 Å². The van der Waals surface area contributed by atoms with E-state index in [9.17, 15) is 5.11 Å². The minimum Gasteiger partial charge on any atom is -0.507 e. The Balaban J connectivity index is 0.00000484. The van der Waals surface area contributed by atoms with Crippen LogP contribution < -0.4 is 0 Å². The van der Waals surface area contributed by atoms with Crippen LogP contribution in [0.3, 0.4) is 0 Å². The van der Waals surface area contributed by atoms with Gasteiger partial charge in [-0.3, -0.25) is 9.55 Å². The molecule has 64 heavy (non-hydrogen) atoms. The topological polar surface area (TPSA) is 55.9 Å². The Kier molecular flexibility index (Phi) is 10.4. The molecule has 11 aromatic rings. The third-order valence-electron chi connectivity index (χ3n) is 12.1. The number of aromatic nitrogens is 4. The Bertz CT molecular complexity index is 3490. The third kappa shape index (κ3) is 7.12. The van der Waals surface area contributed by atoms with E-state index in [0.29, 0.717) is 11.4 Å². The van der Waals surface area contributed by atoms with Gasteiger partial charge in [-0.1, -0.05) is 165 Å². The molecule has 0 aliphatic carbocycles. The number of aromatic hydroxyl groups is 1. The van der Waals surface area contributed by atoms with Crippen molar-refractivity contribution < 1.29 is 26.2 Å². The molecular formula is C58H43N4OPt-. The Morgan fingerprint density at radius 1 is 0.500 bits per heavy atom. The van der Waals surface area contributed by atoms with Gasteiger partial charge in [-0.2, -0.15) is 0 Å². The zero-order valence-electron chi connectivity index (χ0n) is 35.6. The van der Waals surface area contributed by atoms with Gasteiger partial charge in [-0.05, 0) is 64.6 Å². The van der Waals surface area contributed by atoms with E-state index in [-0.39, 0.29) is 32.2 Å². The first-order valence-corrected chi connectivity index (χ1v) is 21.4. The van der Waals surface area contributed by atoms with Crippen LogP contribution in [0.1, 0.15) is 26.3 Å². The van der Waals surface area contributed by atoms with Gasteiger partial charge in [-0.25, -0.2) is 4.98 Å². The van der Waals surface area contributed by atoms with Crippen LogP contribution in [0.4, 0.5) is 0 Å². The molecule has 0 saturated carbocycles. The maximum absolute atomic E-state index is 12.3. The molecule has 0 spiro atoms. The number of benzene rings is 8. The summed E-state index contributed by atoms with van der Waals surface area (Å²) in [6.07, 6.45) is 1.88. The largest absolute Gasteiger partial charge is 0.507 e. The maximum Gasteiger partial charge on any atom is 0.148 e. The Labute approximate surface area is 387 Å². The molecular weight excluding hydrogens is 964 g/mol. The fraction of sp³-hybridized carbons (Fsp3) is 0.0690. The van der Waals surface area contributed by atoms with Crippen LogP contribution >= 0.6 is 0 Å². The molecule has 0 unspecified atom stereocenters. The van der Waals surface area contributed by atoms with Gasteiger partial charge in [0.25, 0.3) is 0 Å². The normalized spacial score (nSPS) is 11.6.